The summed E-state index contributed by atoms with van der Waals surface area (Å²) in [6.07, 6.45) is -26.1. The van der Waals surface area contributed by atoms with Gasteiger partial charge in [-0.2, -0.15) is 0 Å². The Morgan fingerprint density at radius 1 is 0.972 bits per heavy atom. The summed E-state index contributed by atoms with van der Waals surface area (Å²) in [6, 6.07) is 6.09. The van der Waals surface area contributed by atoms with Crippen LogP contribution >= 0.6 is 11.3 Å². The normalized spacial score (nSPS) is 31.7. The van der Waals surface area contributed by atoms with Gasteiger partial charge in [-0.3, -0.25) is 19.2 Å². The van der Waals surface area contributed by atoms with E-state index >= 15 is 0 Å². The fourth-order valence-corrected chi connectivity index (χ4v) is 9.63. The third-order valence-corrected chi connectivity index (χ3v) is 13.1. The average Bonchev–Trinajstić information content (AvgIpc) is 3.67. The quantitative estimate of drug-likeness (QED) is 0.0221. The van der Waals surface area contributed by atoms with Gasteiger partial charge in [-0.25, -0.2) is 9.78 Å². The van der Waals surface area contributed by atoms with Gasteiger partial charge < -0.3 is 95.3 Å². The Morgan fingerprint density at radius 2 is 1.63 bits per heavy atom. The average molecular weight is 1030 g/mol. The molecule has 2 aromatic heterocycles. The molecule has 3 fully saturated rings. The number of hydrogen-bond acceptors (Lipinski definition) is 22. The van der Waals surface area contributed by atoms with Crippen molar-refractivity contribution in [3.63, 3.8) is 0 Å². The summed E-state index contributed by atoms with van der Waals surface area (Å²) < 4.78 is 34.4. The number of azide groups is 1. The first-order valence-corrected chi connectivity index (χ1v) is 22.9. The van der Waals surface area contributed by atoms with E-state index in [9.17, 15) is 69.9 Å². The van der Waals surface area contributed by atoms with Crippen molar-refractivity contribution < 1.29 is 93.6 Å². The second-order valence-electron chi connectivity index (χ2n) is 17.0. The molecule has 3 aromatic rings. The number of amides is 3. The lowest BCUT2D eigenvalue weighted by Gasteiger charge is -2.51. The highest BCUT2D eigenvalue weighted by Gasteiger charge is 2.60. The molecule has 0 spiro atoms. The zero-order chi connectivity index (χ0) is 51.9. The minimum atomic E-state index is -3.16. The maximum Gasteiger partial charge on any atom is 0.364 e. The van der Waals surface area contributed by atoms with Gasteiger partial charge in [0.15, 0.2) is 12.6 Å². The molecule has 16 atom stereocenters. The number of H-pyrrole nitrogens is 1. The monoisotopic (exact) mass is 1020 g/mol. The molecule has 3 aliphatic rings. The number of nitrogens with zero attached hydrogens (tertiary/aromatic N) is 4. The van der Waals surface area contributed by atoms with Crippen LogP contribution in [0.5, 0.6) is 0 Å². The topological polar surface area (TPSA) is 436 Å². The highest BCUT2D eigenvalue weighted by atomic mass is 32.1. The molecule has 0 bridgehead atoms. The van der Waals surface area contributed by atoms with Gasteiger partial charge in [0.25, 0.3) is 17.3 Å². The number of aliphatic hydroxyl groups excluding tert-OH is 8. The van der Waals surface area contributed by atoms with Crippen molar-refractivity contribution in [2.24, 2.45) is 5.11 Å². The number of carboxylic acids is 1. The van der Waals surface area contributed by atoms with E-state index in [4.69, 9.17) is 34.0 Å². The van der Waals surface area contributed by atoms with Crippen molar-refractivity contribution in [3.8, 4) is 0 Å². The molecule has 390 valence electrons. The number of aromatic amines is 1. The summed E-state index contributed by atoms with van der Waals surface area (Å²) in [5.41, 5.74) is 9.24. The number of carboxylic acid groups (broad SMARTS) is 1. The number of nitrogens with one attached hydrogen (secondary N) is 4. The minimum absolute atomic E-state index is 0.0365. The largest absolute Gasteiger partial charge is 0.477 e. The first kappa shape index (κ1) is 55.0. The van der Waals surface area contributed by atoms with E-state index in [1.54, 1.807) is 0 Å². The Morgan fingerprint density at radius 3 is 2.27 bits per heavy atom. The van der Waals surface area contributed by atoms with Crippen molar-refractivity contribution in [1.29, 1.82) is 0 Å². The van der Waals surface area contributed by atoms with Crippen LogP contribution in [0.2, 0.25) is 0 Å². The number of aliphatic hydroxyl groups is 8. The molecular weight excluding hydrogens is 969 g/mol. The maximum absolute atomic E-state index is 13.5. The van der Waals surface area contributed by atoms with Gasteiger partial charge in [0.2, 0.25) is 11.8 Å². The number of rotatable bonds is 20. The molecule has 3 amide bonds. The smallest absolute Gasteiger partial charge is 0.364 e. The zero-order valence-electron chi connectivity index (χ0n) is 38.2. The van der Waals surface area contributed by atoms with Gasteiger partial charge in [-0.05, 0) is 23.6 Å². The second-order valence-corrected chi connectivity index (χ2v) is 18.0. The van der Waals surface area contributed by atoms with Gasteiger partial charge in [0, 0.05) is 44.7 Å². The van der Waals surface area contributed by atoms with Crippen LogP contribution in [0.3, 0.4) is 0 Å². The SMILES string of the molecule is CC(=O)N[C@H]1[C@H](OCCN=[N+]=[N-])O[C@H](CO)[C@@H](O[C@@H]2O[C@H](CO)[C@H](O)[C@H](O[C@]3(C(=O)O)C[C@H](O)[C@@H](NC(C)=O)[C@H]([C@H](O)[C@H](O)CNC(=O)c4sc5nc(Cc6ccccc6)[nH]c(=O)c5c4C)O3)[C@H]2O)[C@@H]1O. The van der Waals surface area contributed by atoms with Crippen molar-refractivity contribution in [2.75, 3.05) is 32.9 Å². The van der Waals surface area contributed by atoms with Crippen molar-refractivity contribution in [1.82, 2.24) is 25.9 Å². The number of thiophene rings is 1. The third-order valence-electron chi connectivity index (χ3n) is 11.9. The lowest BCUT2D eigenvalue weighted by Crippen LogP contribution is -2.71. The van der Waals surface area contributed by atoms with Crippen LogP contribution < -0.4 is 21.5 Å². The molecule has 29 heteroatoms. The molecule has 13 N–H and O–H groups in total. The number of aryl methyl sites for hydroxylation is 1. The fraction of sp³-hybridized carbons (Fsp3) is 0.619. The van der Waals surface area contributed by atoms with Crippen molar-refractivity contribution in [2.45, 2.75) is 131 Å². The fourth-order valence-electron chi connectivity index (χ4n) is 8.52. The molecule has 3 aliphatic heterocycles. The summed E-state index contributed by atoms with van der Waals surface area (Å²) in [5, 5.41) is 111. The number of ether oxygens (including phenoxy) is 6. The molecule has 6 rings (SSSR count). The van der Waals surface area contributed by atoms with Crippen molar-refractivity contribution in [3.05, 3.63) is 73.0 Å². The van der Waals surface area contributed by atoms with E-state index in [-0.39, 0.29) is 33.8 Å². The van der Waals surface area contributed by atoms with Crippen LogP contribution in [-0.2, 0) is 49.2 Å². The van der Waals surface area contributed by atoms with Gasteiger partial charge in [-0.15, -0.1) is 11.3 Å². The number of hydrogen-bond donors (Lipinski definition) is 13. The summed E-state index contributed by atoms with van der Waals surface area (Å²) in [5.74, 6) is -7.14. The molecule has 0 aliphatic carbocycles. The number of carbonyl (C=O) groups is 4. The Balaban J connectivity index is 1.21. The zero-order valence-corrected chi connectivity index (χ0v) is 39.0. The van der Waals surface area contributed by atoms with Crippen molar-refractivity contribution >= 4 is 45.2 Å². The molecule has 5 heterocycles. The predicted octanol–water partition coefficient (Wildman–Crippen LogP) is -4.11. The van der Waals surface area contributed by atoms with E-state index in [0.29, 0.717) is 12.2 Å². The number of carbonyl (C=O) groups excluding carboxylic acids is 3. The minimum Gasteiger partial charge on any atom is -0.477 e. The first-order chi connectivity index (χ1) is 33.7. The van der Waals surface area contributed by atoms with E-state index in [1.165, 1.54) is 6.92 Å². The molecule has 3 saturated heterocycles. The van der Waals surface area contributed by atoms with E-state index in [0.717, 1.165) is 30.7 Å². The lowest BCUT2D eigenvalue weighted by molar-refractivity contribution is -0.382. The van der Waals surface area contributed by atoms with Crippen LogP contribution in [0.25, 0.3) is 20.7 Å². The van der Waals surface area contributed by atoms with Gasteiger partial charge in [0.05, 0.1) is 48.3 Å². The summed E-state index contributed by atoms with van der Waals surface area (Å²) in [6.45, 7) is 0.524. The van der Waals surface area contributed by atoms with E-state index in [1.807, 2.05) is 30.3 Å². The Kier molecular flexibility index (Phi) is 18.6. The number of aliphatic carboxylic acids is 1. The highest BCUT2D eigenvalue weighted by molar-refractivity contribution is 7.20. The lowest BCUT2D eigenvalue weighted by atomic mass is 9.88. The van der Waals surface area contributed by atoms with Crippen LogP contribution in [0.15, 0.2) is 40.2 Å². The molecule has 1 aromatic carbocycles. The second kappa shape index (κ2) is 23.9. The van der Waals surface area contributed by atoms with E-state index in [2.05, 4.69) is 35.9 Å². The van der Waals surface area contributed by atoms with Gasteiger partial charge in [-0.1, -0.05) is 35.4 Å². The van der Waals surface area contributed by atoms with Crippen LogP contribution in [0, 0.1) is 6.92 Å². The van der Waals surface area contributed by atoms with Crippen LogP contribution in [-0.4, -0.2) is 210 Å². The molecule has 0 unspecified atom stereocenters. The van der Waals surface area contributed by atoms with Gasteiger partial charge in [0.1, 0.15) is 71.6 Å². The number of fused-ring (bicyclic) bond motifs is 1. The highest BCUT2D eigenvalue weighted by Crippen LogP contribution is 2.38. The molecular formula is C42H56N8O20S. The van der Waals surface area contributed by atoms with Crippen LogP contribution in [0.1, 0.15) is 46.9 Å². The Bertz CT molecular complexity index is 2460. The summed E-state index contributed by atoms with van der Waals surface area (Å²) >= 11 is 0.894. The standard InChI is InChI=1S/C42H56N8O20S/c1-16-25-36(61)48-24(11-19-7-5-4-6-8-19)49-38(25)71-35(16)37(62)44-13-21(56)28(57)33-26(46-17(2)53)20(55)12-42(69-33,41(63)64)70-34-29(58)22(14-51)66-40(31(34)60)68-32-23(15-52)67-39(65-10-9-45-50-43)27(30(32)59)47-18(3)54/h4-8,20-23,26-34,39-40,51-52,55-60H,9-15H2,1-3H3,(H,44,62)(H,46,53)(H,47,54)(H,63,64)(H,48,49,61)/t20-,21+,22+,23+,26+,27+,28+,29-,30+,31+,32+,33+,34-,39+,40-,42-/m0/s1. The molecule has 0 radical (unpaired) electrons. The number of aromatic nitrogens is 2. The third kappa shape index (κ3) is 12.5. The summed E-state index contributed by atoms with van der Waals surface area (Å²) in [4.78, 5) is 74.5. The van der Waals surface area contributed by atoms with Crippen LogP contribution in [0.4, 0.5) is 0 Å². The van der Waals surface area contributed by atoms with Gasteiger partial charge >= 0.3 is 5.97 Å². The predicted molar refractivity (Wildman–Crippen MR) is 239 cm³/mol. The Labute approximate surface area is 406 Å². The molecule has 28 nitrogen and oxygen atoms in total. The molecule has 71 heavy (non-hydrogen) atoms. The Hall–Kier alpha value is -5.31. The maximum atomic E-state index is 13.5. The van der Waals surface area contributed by atoms with E-state index < -0.39 is 153 Å². The molecule has 0 saturated carbocycles. The first-order valence-electron chi connectivity index (χ1n) is 22.1. The number of benzene rings is 1. The summed E-state index contributed by atoms with van der Waals surface area (Å²) in [7, 11) is 0.